The monoisotopic (exact) mass is 296 g/mol. The third-order valence-corrected chi connectivity index (χ3v) is 2.58. The number of aliphatic carboxylic acids is 1. The Morgan fingerprint density at radius 3 is 2.29 bits per heavy atom. The largest absolute Gasteiger partial charge is 0.508 e. The molecule has 0 aliphatic carbocycles. The third kappa shape index (κ3) is 5.49. The van der Waals surface area contributed by atoms with Crippen molar-refractivity contribution in [3.05, 3.63) is 29.8 Å². The highest BCUT2D eigenvalue weighted by molar-refractivity contribution is 5.89. The van der Waals surface area contributed by atoms with E-state index in [0.717, 1.165) is 0 Å². The van der Waals surface area contributed by atoms with Gasteiger partial charge in [0, 0.05) is 6.54 Å². The molecule has 1 aromatic carbocycles. The number of amides is 2. The first-order valence-corrected chi connectivity index (χ1v) is 6.12. The van der Waals surface area contributed by atoms with Crippen molar-refractivity contribution < 1.29 is 29.7 Å². The summed E-state index contributed by atoms with van der Waals surface area (Å²) in [5.41, 5.74) is 0.391. The topological polar surface area (TPSA) is 136 Å². The number of carbonyl (C=O) groups is 3. The van der Waals surface area contributed by atoms with E-state index in [-0.39, 0.29) is 18.7 Å². The van der Waals surface area contributed by atoms with E-state index < -0.39 is 30.4 Å². The molecule has 8 heteroatoms. The number of aliphatic hydroxyl groups is 1. The van der Waals surface area contributed by atoms with Crippen LogP contribution in [-0.4, -0.2) is 46.3 Å². The van der Waals surface area contributed by atoms with Crippen molar-refractivity contribution in [3.8, 4) is 5.75 Å². The maximum Gasteiger partial charge on any atom is 0.305 e. The van der Waals surface area contributed by atoms with Gasteiger partial charge in [-0.05, 0) is 17.7 Å². The molecule has 0 aliphatic heterocycles. The molecule has 0 bridgehead atoms. The zero-order valence-corrected chi connectivity index (χ0v) is 11.1. The summed E-state index contributed by atoms with van der Waals surface area (Å²) in [6.07, 6.45) is -0.248. The Morgan fingerprint density at radius 1 is 1.14 bits per heavy atom. The van der Waals surface area contributed by atoms with Crippen LogP contribution in [0.5, 0.6) is 5.75 Å². The second-order valence-electron chi connectivity index (χ2n) is 4.18. The van der Waals surface area contributed by atoms with Crippen molar-refractivity contribution >= 4 is 17.8 Å². The van der Waals surface area contributed by atoms with Crippen molar-refractivity contribution in [2.45, 2.75) is 12.5 Å². The maximum absolute atomic E-state index is 12.0. The van der Waals surface area contributed by atoms with Gasteiger partial charge in [-0.25, -0.2) is 0 Å². The van der Waals surface area contributed by atoms with E-state index in [1.807, 2.05) is 0 Å². The number of phenolic OH excluding ortho intramolecular Hbond substituents is 1. The summed E-state index contributed by atoms with van der Waals surface area (Å²) in [5.74, 6) is -2.42. The minimum absolute atomic E-state index is 0.00253. The Morgan fingerprint density at radius 2 is 1.76 bits per heavy atom. The first-order valence-electron chi connectivity index (χ1n) is 6.12. The third-order valence-electron chi connectivity index (χ3n) is 2.58. The lowest BCUT2D eigenvalue weighted by molar-refractivity contribution is -0.137. The van der Waals surface area contributed by atoms with Crippen LogP contribution in [0.1, 0.15) is 18.0 Å². The number of benzene rings is 1. The molecule has 0 saturated heterocycles. The van der Waals surface area contributed by atoms with E-state index in [1.54, 1.807) is 0 Å². The summed E-state index contributed by atoms with van der Waals surface area (Å²) in [4.78, 5) is 33.7. The highest BCUT2D eigenvalue weighted by Crippen LogP contribution is 2.17. The van der Waals surface area contributed by atoms with Gasteiger partial charge in [0.2, 0.25) is 11.8 Å². The Labute approximate surface area is 120 Å². The molecule has 1 atom stereocenters. The lowest BCUT2D eigenvalue weighted by atomic mass is 10.1. The summed E-state index contributed by atoms with van der Waals surface area (Å²) in [6, 6.07) is 4.48. The second-order valence-corrected chi connectivity index (χ2v) is 4.18. The predicted octanol–water partition coefficient (Wildman–Crippen LogP) is -0.867. The highest BCUT2D eigenvalue weighted by Gasteiger charge is 2.22. The zero-order valence-electron chi connectivity index (χ0n) is 11.1. The van der Waals surface area contributed by atoms with Crippen LogP contribution in [0.15, 0.2) is 24.3 Å². The van der Waals surface area contributed by atoms with Crippen LogP contribution < -0.4 is 10.6 Å². The van der Waals surface area contributed by atoms with E-state index in [4.69, 9.17) is 10.2 Å². The van der Waals surface area contributed by atoms with Gasteiger partial charge in [-0.2, -0.15) is 0 Å². The van der Waals surface area contributed by atoms with Gasteiger partial charge in [-0.3, -0.25) is 14.4 Å². The SMILES string of the molecule is O=C(O)CCNC(=O)[C@H](NC(=O)CO)c1ccc(O)cc1. The second kappa shape index (κ2) is 7.85. The lowest BCUT2D eigenvalue weighted by Crippen LogP contribution is -2.41. The molecular weight excluding hydrogens is 280 g/mol. The zero-order chi connectivity index (χ0) is 15.8. The van der Waals surface area contributed by atoms with Gasteiger partial charge in [0.15, 0.2) is 0 Å². The van der Waals surface area contributed by atoms with Gasteiger partial charge >= 0.3 is 5.97 Å². The number of rotatable bonds is 7. The Kier molecular flexibility index (Phi) is 6.15. The van der Waals surface area contributed by atoms with Gasteiger partial charge < -0.3 is 26.0 Å². The van der Waals surface area contributed by atoms with Crippen LogP contribution in [0.3, 0.4) is 0 Å². The number of aliphatic hydroxyl groups excluding tert-OH is 1. The number of hydrogen-bond acceptors (Lipinski definition) is 5. The molecule has 5 N–H and O–H groups in total. The van der Waals surface area contributed by atoms with Crippen molar-refractivity contribution in [2.75, 3.05) is 13.2 Å². The lowest BCUT2D eigenvalue weighted by Gasteiger charge is -2.18. The number of aromatic hydroxyl groups is 1. The summed E-state index contributed by atoms with van der Waals surface area (Å²) in [6.45, 7) is -0.866. The van der Waals surface area contributed by atoms with Crippen LogP contribution in [0, 0.1) is 0 Å². The van der Waals surface area contributed by atoms with Crippen molar-refractivity contribution in [1.29, 1.82) is 0 Å². The van der Waals surface area contributed by atoms with Crippen molar-refractivity contribution in [2.24, 2.45) is 0 Å². The fraction of sp³-hybridized carbons (Fsp3) is 0.308. The maximum atomic E-state index is 12.0. The number of hydrogen-bond donors (Lipinski definition) is 5. The summed E-state index contributed by atoms with van der Waals surface area (Å²) >= 11 is 0. The molecule has 0 spiro atoms. The molecule has 0 fully saturated rings. The van der Waals surface area contributed by atoms with Crippen molar-refractivity contribution in [3.63, 3.8) is 0 Å². The molecule has 114 valence electrons. The number of nitrogens with one attached hydrogen (secondary N) is 2. The molecule has 0 aliphatic rings. The normalized spacial score (nSPS) is 11.5. The quantitative estimate of drug-likeness (QED) is 0.444. The van der Waals surface area contributed by atoms with Crippen LogP contribution in [0.25, 0.3) is 0 Å². The molecule has 0 radical (unpaired) electrons. The summed E-state index contributed by atoms with van der Waals surface area (Å²) in [7, 11) is 0. The minimum atomic E-state index is -1.08. The first kappa shape index (κ1) is 16.4. The van der Waals surface area contributed by atoms with Crippen LogP contribution in [0.2, 0.25) is 0 Å². The number of carboxylic acid groups (broad SMARTS) is 1. The number of carbonyl (C=O) groups excluding carboxylic acids is 2. The van der Waals surface area contributed by atoms with Crippen molar-refractivity contribution in [1.82, 2.24) is 10.6 Å². The predicted molar refractivity (Wildman–Crippen MR) is 71.3 cm³/mol. The molecule has 0 unspecified atom stereocenters. The van der Waals surface area contributed by atoms with Gasteiger partial charge in [0.25, 0.3) is 0 Å². The van der Waals surface area contributed by atoms with E-state index in [9.17, 15) is 19.5 Å². The average Bonchev–Trinajstić information content (AvgIpc) is 2.45. The molecular formula is C13H16N2O6. The van der Waals surface area contributed by atoms with Crippen LogP contribution >= 0.6 is 0 Å². The summed E-state index contributed by atoms with van der Waals surface area (Å²) in [5, 5.41) is 31.2. The fourth-order valence-corrected chi connectivity index (χ4v) is 1.57. The molecule has 0 saturated carbocycles. The van der Waals surface area contributed by atoms with Crippen LogP contribution in [-0.2, 0) is 14.4 Å². The highest BCUT2D eigenvalue weighted by atomic mass is 16.4. The Bertz CT molecular complexity index is 514. The molecule has 21 heavy (non-hydrogen) atoms. The Hall–Kier alpha value is -2.61. The molecule has 2 amide bonds. The fourth-order valence-electron chi connectivity index (χ4n) is 1.57. The Balaban J connectivity index is 2.81. The number of carboxylic acids is 1. The number of phenols is 1. The first-order chi connectivity index (χ1) is 9.93. The molecule has 1 aromatic rings. The van der Waals surface area contributed by atoms with E-state index in [2.05, 4.69) is 10.6 Å². The van der Waals surface area contributed by atoms with Crippen LogP contribution in [0.4, 0.5) is 0 Å². The molecule has 8 nitrogen and oxygen atoms in total. The molecule has 0 heterocycles. The van der Waals surface area contributed by atoms with E-state index >= 15 is 0 Å². The standard InChI is InChI=1S/C13H16N2O6/c16-7-10(18)15-12(8-1-3-9(17)4-2-8)13(21)14-6-5-11(19)20/h1-4,12,16-17H,5-7H2,(H,14,21)(H,15,18)(H,19,20)/t12-/m1/s1. The van der Waals surface area contributed by atoms with Gasteiger partial charge in [-0.1, -0.05) is 12.1 Å². The minimum Gasteiger partial charge on any atom is -0.508 e. The van der Waals surface area contributed by atoms with E-state index in [1.165, 1.54) is 24.3 Å². The average molecular weight is 296 g/mol. The van der Waals surface area contributed by atoms with Gasteiger partial charge in [0.1, 0.15) is 18.4 Å². The molecule has 1 rings (SSSR count). The van der Waals surface area contributed by atoms with Gasteiger partial charge in [0.05, 0.1) is 6.42 Å². The smallest absolute Gasteiger partial charge is 0.305 e. The molecule has 0 aromatic heterocycles. The van der Waals surface area contributed by atoms with Gasteiger partial charge in [-0.15, -0.1) is 0 Å². The van der Waals surface area contributed by atoms with E-state index in [0.29, 0.717) is 5.56 Å². The summed E-state index contributed by atoms with van der Waals surface area (Å²) < 4.78 is 0.